The van der Waals surface area contributed by atoms with Crippen LogP contribution in [0.5, 0.6) is 11.5 Å². The van der Waals surface area contributed by atoms with E-state index in [0.29, 0.717) is 27.8 Å². The smallest absolute Gasteiger partial charge is 0.318 e. The van der Waals surface area contributed by atoms with Crippen molar-refractivity contribution in [1.82, 2.24) is 20.6 Å². The summed E-state index contributed by atoms with van der Waals surface area (Å²) in [6.45, 7) is 0. The number of anilines is 1. The first-order chi connectivity index (χ1) is 19.9. The molecule has 2 aromatic heterocycles. The number of carbonyl (C=O) groups excluding carboxylic acids is 2. The molecule has 0 aliphatic carbocycles. The molecule has 4 aromatic carbocycles. The predicted molar refractivity (Wildman–Crippen MR) is 164 cm³/mol. The maximum absolute atomic E-state index is 12.0. The highest BCUT2D eigenvalue weighted by Crippen LogP contribution is 2.35. The third-order valence-corrected chi connectivity index (χ3v) is 7.16. The minimum Gasteiger partial charge on any atom is -0.457 e. The first kappa shape index (κ1) is 26.0. The topological polar surface area (TPSA) is 111 Å². The highest BCUT2D eigenvalue weighted by atomic mass is 35.5. The predicted octanol–water partition coefficient (Wildman–Crippen LogP) is 7.54. The van der Waals surface area contributed by atoms with Crippen LogP contribution in [0.2, 0.25) is 5.02 Å². The summed E-state index contributed by atoms with van der Waals surface area (Å²) in [5.41, 5.74) is 6.71. The minimum atomic E-state index is -0.266. The van der Waals surface area contributed by atoms with Crippen molar-refractivity contribution in [2.75, 3.05) is 19.4 Å². The van der Waals surface area contributed by atoms with Gasteiger partial charge in [-0.05, 0) is 78.4 Å². The van der Waals surface area contributed by atoms with E-state index >= 15 is 0 Å². The van der Waals surface area contributed by atoms with Crippen LogP contribution in [0, 0.1) is 0 Å². The highest BCUT2D eigenvalue weighted by Gasteiger charge is 2.12. The van der Waals surface area contributed by atoms with Crippen LogP contribution in [0.25, 0.3) is 44.3 Å². The second kappa shape index (κ2) is 10.7. The number of halogens is 1. The largest absolute Gasteiger partial charge is 0.457 e. The van der Waals surface area contributed by atoms with Crippen molar-refractivity contribution in [3.05, 3.63) is 102 Å². The van der Waals surface area contributed by atoms with Gasteiger partial charge in [-0.15, -0.1) is 0 Å². The molecular formula is C32H26ClN5O3. The summed E-state index contributed by atoms with van der Waals surface area (Å²) in [6.07, 6.45) is 0. The van der Waals surface area contributed by atoms with E-state index in [2.05, 4.69) is 32.0 Å². The number of ether oxygens (including phenoxy) is 1. The molecule has 0 saturated heterocycles. The zero-order valence-electron chi connectivity index (χ0n) is 22.3. The van der Waals surface area contributed by atoms with Crippen LogP contribution in [-0.2, 0) is 0 Å². The third kappa shape index (κ3) is 5.33. The molecule has 0 saturated carbocycles. The molecule has 0 bridgehead atoms. The van der Waals surface area contributed by atoms with E-state index in [-0.39, 0.29) is 11.9 Å². The van der Waals surface area contributed by atoms with E-state index in [1.54, 1.807) is 26.2 Å². The van der Waals surface area contributed by atoms with Gasteiger partial charge in [0.15, 0.2) is 0 Å². The highest BCUT2D eigenvalue weighted by molar-refractivity contribution is 6.33. The first-order valence-corrected chi connectivity index (χ1v) is 13.3. The summed E-state index contributed by atoms with van der Waals surface area (Å²) in [5.74, 6) is 1.16. The van der Waals surface area contributed by atoms with Crippen LogP contribution in [0.15, 0.2) is 91.0 Å². The van der Waals surface area contributed by atoms with Crippen LogP contribution in [0.3, 0.4) is 0 Å². The van der Waals surface area contributed by atoms with Gasteiger partial charge in [-0.1, -0.05) is 23.7 Å². The normalized spacial score (nSPS) is 11.0. The maximum atomic E-state index is 12.0. The molecule has 0 fully saturated rings. The number of aromatic amines is 2. The number of fused-ring (bicyclic) bond motifs is 2. The van der Waals surface area contributed by atoms with Crippen molar-refractivity contribution in [1.29, 1.82) is 0 Å². The van der Waals surface area contributed by atoms with Gasteiger partial charge in [0.2, 0.25) is 0 Å². The standard InChI is InChI=1S/C32H26ClN5O3/c1-34-31(39)21-4-3-19-14-30(38-28(19)15-21)25-12-11-24(17-26(25)33)41-23-9-6-18(7-10-23)27-13-20-5-8-22(16-29(20)37-27)36-32(40)35-2/h3-17,37-38H,1-2H3,(H,34,39)(H2,35,36,40). The Kier molecular flexibility index (Phi) is 6.83. The number of hydrogen-bond donors (Lipinski definition) is 5. The van der Waals surface area contributed by atoms with Crippen molar-refractivity contribution < 1.29 is 14.3 Å². The molecule has 0 spiro atoms. The van der Waals surface area contributed by atoms with Gasteiger partial charge < -0.3 is 30.7 Å². The number of H-pyrrole nitrogens is 2. The van der Waals surface area contributed by atoms with E-state index in [9.17, 15) is 9.59 Å². The average Bonchev–Trinajstić information content (AvgIpc) is 3.60. The molecule has 3 amide bonds. The fourth-order valence-corrected chi connectivity index (χ4v) is 5.00. The minimum absolute atomic E-state index is 0.136. The number of hydrogen-bond acceptors (Lipinski definition) is 3. The first-order valence-electron chi connectivity index (χ1n) is 12.9. The Morgan fingerprint density at radius 1 is 0.707 bits per heavy atom. The fourth-order valence-electron chi connectivity index (χ4n) is 4.73. The van der Waals surface area contributed by atoms with Gasteiger partial charge in [0.1, 0.15) is 11.5 Å². The number of benzene rings is 4. The number of rotatable bonds is 6. The SMILES string of the molecule is CNC(=O)Nc1ccc2cc(-c3ccc(Oc4ccc(-c5cc6ccc(C(=O)NC)cc6[nH]5)c(Cl)c4)cc3)[nH]c2c1. The van der Waals surface area contributed by atoms with Gasteiger partial charge in [0.25, 0.3) is 5.91 Å². The van der Waals surface area contributed by atoms with E-state index in [1.807, 2.05) is 72.8 Å². The van der Waals surface area contributed by atoms with Crippen molar-refractivity contribution in [2.45, 2.75) is 0 Å². The van der Waals surface area contributed by atoms with Crippen LogP contribution in [0.1, 0.15) is 10.4 Å². The lowest BCUT2D eigenvalue weighted by Crippen LogP contribution is -2.24. The van der Waals surface area contributed by atoms with Crippen LogP contribution >= 0.6 is 11.6 Å². The molecular weight excluding hydrogens is 538 g/mol. The van der Waals surface area contributed by atoms with Gasteiger partial charge in [0, 0.05) is 70.2 Å². The Hall–Kier alpha value is -5.21. The molecule has 6 aromatic rings. The lowest BCUT2D eigenvalue weighted by atomic mass is 10.1. The van der Waals surface area contributed by atoms with Crippen LogP contribution in [0.4, 0.5) is 10.5 Å². The molecule has 8 nitrogen and oxygen atoms in total. The molecule has 0 atom stereocenters. The van der Waals surface area contributed by atoms with Gasteiger partial charge >= 0.3 is 6.03 Å². The van der Waals surface area contributed by atoms with Crippen molar-refractivity contribution >= 4 is 51.0 Å². The van der Waals surface area contributed by atoms with Crippen molar-refractivity contribution in [3.8, 4) is 34.0 Å². The molecule has 9 heteroatoms. The number of carbonyl (C=O) groups is 2. The summed E-state index contributed by atoms with van der Waals surface area (Å²) in [4.78, 5) is 30.4. The Morgan fingerprint density at radius 2 is 1.39 bits per heavy atom. The molecule has 6 rings (SSSR count). The summed E-state index contributed by atoms with van der Waals surface area (Å²) in [5, 5.41) is 10.5. The van der Waals surface area contributed by atoms with Crippen LogP contribution in [-0.4, -0.2) is 36.0 Å². The Balaban J connectivity index is 1.18. The number of urea groups is 1. The Morgan fingerprint density at radius 3 is 2.12 bits per heavy atom. The molecule has 0 unspecified atom stereocenters. The van der Waals surface area contributed by atoms with Gasteiger partial charge in [-0.25, -0.2) is 4.79 Å². The zero-order chi connectivity index (χ0) is 28.5. The van der Waals surface area contributed by atoms with E-state index < -0.39 is 0 Å². The number of amides is 3. The lowest BCUT2D eigenvalue weighted by Gasteiger charge is -2.09. The zero-order valence-corrected chi connectivity index (χ0v) is 23.0. The molecule has 0 radical (unpaired) electrons. The summed E-state index contributed by atoms with van der Waals surface area (Å²) in [6, 6.07) is 28.4. The maximum Gasteiger partial charge on any atom is 0.318 e. The van der Waals surface area contributed by atoms with Crippen molar-refractivity contribution in [2.24, 2.45) is 0 Å². The lowest BCUT2D eigenvalue weighted by molar-refractivity contribution is 0.0963. The summed E-state index contributed by atoms with van der Waals surface area (Å²) < 4.78 is 6.08. The molecule has 204 valence electrons. The van der Waals surface area contributed by atoms with Gasteiger partial charge in [-0.3, -0.25) is 4.79 Å². The van der Waals surface area contributed by atoms with Gasteiger partial charge in [0.05, 0.1) is 5.02 Å². The summed E-state index contributed by atoms with van der Waals surface area (Å²) in [7, 11) is 3.19. The van der Waals surface area contributed by atoms with Gasteiger partial charge in [-0.2, -0.15) is 0 Å². The van der Waals surface area contributed by atoms with E-state index in [1.165, 1.54) is 0 Å². The number of nitrogens with one attached hydrogen (secondary N) is 5. The molecule has 41 heavy (non-hydrogen) atoms. The number of aromatic nitrogens is 2. The van der Waals surface area contributed by atoms with E-state index in [0.717, 1.165) is 44.3 Å². The molecule has 2 heterocycles. The van der Waals surface area contributed by atoms with Crippen molar-refractivity contribution in [3.63, 3.8) is 0 Å². The molecule has 0 aliphatic heterocycles. The second-order valence-electron chi connectivity index (χ2n) is 9.52. The molecule has 0 aliphatic rings. The monoisotopic (exact) mass is 563 g/mol. The fraction of sp³-hybridized carbons (Fsp3) is 0.0625. The molecule has 5 N–H and O–H groups in total. The third-order valence-electron chi connectivity index (χ3n) is 6.85. The quantitative estimate of drug-likeness (QED) is 0.144. The summed E-state index contributed by atoms with van der Waals surface area (Å²) >= 11 is 6.66. The second-order valence-corrected chi connectivity index (χ2v) is 9.93. The van der Waals surface area contributed by atoms with E-state index in [4.69, 9.17) is 16.3 Å². The van der Waals surface area contributed by atoms with Crippen LogP contribution < -0.4 is 20.7 Å². The Bertz CT molecular complexity index is 1920. The Labute approximate surface area is 240 Å². The average molecular weight is 564 g/mol.